The smallest absolute Gasteiger partial charge is 0.449 e. The number of aliphatic hydroxyl groups excluding tert-OH is 1. The first kappa shape index (κ1) is 38.9. The van der Waals surface area contributed by atoms with E-state index in [4.69, 9.17) is 14.7 Å². The van der Waals surface area contributed by atoms with Gasteiger partial charge in [-0.1, -0.05) is 60.7 Å². The molecule has 19 heteroatoms. The number of nitrogens with one attached hydrogen (secondary N) is 4. The Morgan fingerprint density at radius 2 is 1.74 bits per heavy atom. The minimum absolute atomic E-state index is 0.0861. The van der Waals surface area contributed by atoms with Crippen LogP contribution in [0.4, 0.5) is 35.4 Å². The third kappa shape index (κ3) is 8.73. The molecule has 2 aliphatic rings. The number of alkyl halides is 3. The van der Waals surface area contributed by atoms with Gasteiger partial charge in [-0.3, -0.25) is 14.3 Å². The predicted molar refractivity (Wildman–Crippen MR) is 200 cm³/mol. The van der Waals surface area contributed by atoms with Crippen molar-refractivity contribution in [2.75, 3.05) is 41.7 Å². The first-order chi connectivity index (χ1) is 27.5. The van der Waals surface area contributed by atoms with Gasteiger partial charge in [0, 0.05) is 44.3 Å². The van der Waals surface area contributed by atoms with Crippen molar-refractivity contribution in [1.29, 1.82) is 0 Å². The van der Waals surface area contributed by atoms with Gasteiger partial charge in [0.1, 0.15) is 6.10 Å². The van der Waals surface area contributed by atoms with Gasteiger partial charge in [0.25, 0.3) is 5.91 Å². The van der Waals surface area contributed by atoms with Crippen molar-refractivity contribution in [2.24, 2.45) is 0 Å². The lowest BCUT2D eigenvalue weighted by atomic mass is 9.91. The highest BCUT2D eigenvalue weighted by Crippen LogP contribution is 2.37. The van der Waals surface area contributed by atoms with E-state index < -0.39 is 48.6 Å². The largest absolute Gasteiger partial charge is 0.490 e. The van der Waals surface area contributed by atoms with E-state index in [0.29, 0.717) is 37.6 Å². The van der Waals surface area contributed by atoms with E-state index in [1.807, 2.05) is 65.6 Å². The molecule has 0 radical (unpaired) electrons. The second-order valence-electron chi connectivity index (χ2n) is 13.4. The third-order valence-corrected chi connectivity index (χ3v) is 9.58. The number of aromatic nitrogens is 5. The van der Waals surface area contributed by atoms with Crippen LogP contribution in [0.1, 0.15) is 36.6 Å². The van der Waals surface area contributed by atoms with Gasteiger partial charge in [0.05, 0.1) is 18.2 Å². The SMILES string of the molecule is CCNC(=O)[C@H]1O[C@@H](n2cnc3c(NCC(c4ccccc4)c4ccccc4)nc(N4CC[C@@H](NC(=O)Nc5cccnc5)C4)nc32)[C@H](O)[C@@H]1OC(=O)C(F)(F)F. The number of rotatable bonds is 12. The van der Waals surface area contributed by atoms with E-state index in [0.717, 1.165) is 11.1 Å². The molecule has 0 bridgehead atoms. The fraction of sp³-hybridized carbons (Fsp3) is 0.342. The Hall–Kier alpha value is -6.34. The summed E-state index contributed by atoms with van der Waals surface area (Å²) in [5.41, 5.74) is 2.91. The Kier molecular flexibility index (Phi) is 11.5. The second-order valence-corrected chi connectivity index (χ2v) is 13.4. The van der Waals surface area contributed by atoms with Crippen molar-refractivity contribution in [3.8, 4) is 0 Å². The predicted octanol–water partition coefficient (Wildman–Crippen LogP) is 3.73. The standard InChI is InChI=1S/C38H39F3N10O6/c1-2-43-33(53)30-29(57-35(54)38(39,40)41)28(52)34(56-30)51-21-45-27-31(44-19-26(22-10-5-3-6-11-22)23-12-7-4-8-13-23)48-36(49-32(27)51)50-17-15-25(20-50)47-37(55)46-24-14-9-16-42-18-24/h3-14,16,18,21,25-26,28-30,34,52H,2,15,17,19-20H2,1H3,(H,43,53)(H,44,48,49)(H2,46,47,55)/t25-,28-,29+,30+,34-/m1/s1. The maximum absolute atomic E-state index is 13.3. The molecule has 0 aliphatic carbocycles. The van der Waals surface area contributed by atoms with Crippen molar-refractivity contribution >= 4 is 46.5 Å². The van der Waals surface area contributed by atoms with Crippen molar-refractivity contribution < 1.29 is 42.1 Å². The van der Waals surface area contributed by atoms with Gasteiger partial charge in [0.15, 0.2) is 35.4 Å². The van der Waals surface area contributed by atoms with E-state index in [-0.39, 0.29) is 35.6 Å². The second kappa shape index (κ2) is 16.8. The van der Waals surface area contributed by atoms with E-state index >= 15 is 0 Å². The molecule has 2 saturated heterocycles. The topological polar surface area (TPSA) is 198 Å². The highest BCUT2D eigenvalue weighted by molar-refractivity contribution is 5.89. The Morgan fingerprint density at radius 1 is 1.02 bits per heavy atom. The van der Waals surface area contributed by atoms with Gasteiger partial charge in [-0.2, -0.15) is 23.1 Å². The quantitative estimate of drug-likeness (QED) is 0.115. The van der Waals surface area contributed by atoms with Crippen LogP contribution < -0.4 is 26.2 Å². The Morgan fingerprint density at radius 3 is 2.39 bits per heavy atom. The summed E-state index contributed by atoms with van der Waals surface area (Å²) >= 11 is 0. The molecule has 5 aromatic rings. The molecule has 5 N–H and O–H groups in total. The third-order valence-electron chi connectivity index (χ3n) is 9.58. The lowest BCUT2D eigenvalue weighted by molar-refractivity contribution is -0.209. The number of hydrogen-bond donors (Lipinski definition) is 5. The van der Waals surface area contributed by atoms with Crippen molar-refractivity contribution in [3.05, 3.63) is 103 Å². The molecule has 2 aromatic carbocycles. The van der Waals surface area contributed by atoms with Crippen LogP contribution in [0, 0.1) is 0 Å². The zero-order chi connectivity index (χ0) is 40.1. The van der Waals surface area contributed by atoms with Gasteiger partial charge >= 0.3 is 18.2 Å². The number of ether oxygens (including phenoxy) is 2. The summed E-state index contributed by atoms with van der Waals surface area (Å²) in [7, 11) is 0. The zero-order valence-electron chi connectivity index (χ0n) is 30.5. The number of hydrogen-bond acceptors (Lipinski definition) is 12. The number of likely N-dealkylation sites (N-methyl/N-ethyl adjacent to an activating group) is 1. The number of urea groups is 1. The number of carbonyl (C=O) groups is 3. The van der Waals surface area contributed by atoms with Crippen LogP contribution in [-0.4, -0.2) is 104 Å². The number of nitrogens with zero attached hydrogens (tertiary/aromatic N) is 6. The first-order valence-corrected chi connectivity index (χ1v) is 18.2. The van der Waals surface area contributed by atoms with E-state index in [1.165, 1.54) is 17.1 Å². The van der Waals surface area contributed by atoms with E-state index in [1.54, 1.807) is 25.3 Å². The van der Waals surface area contributed by atoms with Crippen molar-refractivity contribution in [1.82, 2.24) is 35.1 Å². The molecule has 3 amide bonds. The van der Waals surface area contributed by atoms with Crippen LogP contribution in [0.2, 0.25) is 0 Å². The van der Waals surface area contributed by atoms with Gasteiger partial charge in [-0.15, -0.1) is 0 Å². The number of amides is 3. The maximum Gasteiger partial charge on any atom is 0.490 e. The number of anilines is 3. The maximum atomic E-state index is 13.3. The molecule has 57 heavy (non-hydrogen) atoms. The molecule has 5 heterocycles. The molecule has 0 saturated carbocycles. The minimum Gasteiger partial charge on any atom is -0.449 e. The number of benzene rings is 2. The summed E-state index contributed by atoms with van der Waals surface area (Å²) in [6, 6.07) is 22.4. The molecular formula is C38H39F3N10O6. The van der Waals surface area contributed by atoms with Crippen LogP contribution in [-0.2, 0) is 19.1 Å². The number of imidazole rings is 1. The molecule has 2 fully saturated rings. The summed E-state index contributed by atoms with van der Waals surface area (Å²) in [5.74, 6) is -3.10. The molecular weight excluding hydrogens is 749 g/mol. The number of fused-ring (bicyclic) bond motifs is 1. The van der Waals surface area contributed by atoms with Gasteiger partial charge < -0.3 is 40.7 Å². The number of pyridine rings is 1. The van der Waals surface area contributed by atoms with Crippen LogP contribution in [0.15, 0.2) is 91.5 Å². The van der Waals surface area contributed by atoms with Gasteiger partial charge in [-0.25, -0.2) is 14.6 Å². The Labute approximate surface area is 323 Å². The molecule has 298 valence electrons. The Bertz CT molecular complexity index is 2140. The Balaban J connectivity index is 1.22. The van der Waals surface area contributed by atoms with Gasteiger partial charge in [0.2, 0.25) is 5.95 Å². The van der Waals surface area contributed by atoms with Crippen LogP contribution in [0.5, 0.6) is 0 Å². The summed E-state index contributed by atoms with van der Waals surface area (Å²) in [4.78, 5) is 57.7. The monoisotopic (exact) mass is 788 g/mol. The fourth-order valence-electron chi connectivity index (χ4n) is 6.89. The van der Waals surface area contributed by atoms with Crippen LogP contribution >= 0.6 is 0 Å². The molecule has 16 nitrogen and oxygen atoms in total. The highest BCUT2D eigenvalue weighted by atomic mass is 19.4. The molecule has 7 rings (SSSR count). The lowest BCUT2D eigenvalue weighted by Gasteiger charge is -2.22. The fourth-order valence-corrected chi connectivity index (χ4v) is 6.89. The minimum atomic E-state index is -5.40. The lowest BCUT2D eigenvalue weighted by Crippen LogP contribution is -2.46. The number of esters is 1. The van der Waals surface area contributed by atoms with Crippen LogP contribution in [0.25, 0.3) is 11.2 Å². The van der Waals surface area contributed by atoms with E-state index in [2.05, 4.69) is 36.0 Å². The summed E-state index contributed by atoms with van der Waals surface area (Å²) in [5, 5.41) is 22.9. The normalized spacial score (nSPS) is 20.7. The summed E-state index contributed by atoms with van der Waals surface area (Å²) in [6.45, 7) is 2.77. The zero-order valence-corrected chi connectivity index (χ0v) is 30.5. The molecule has 5 atom stereocenters. The van der Waals surface area contributed by atoms with Crippen molar-refractivity contribution in [2.45, 2.75) is 56.0 Å². The summed E-state index contributed by atoms with van der Waals surface area (Å²) in [6.07, 6.45) is -7.81. The molecule has 0 unspecified atom stereocenters. The number of aliphatic hydroxyl groups is 1. The average Bonchev–Trinajstić information content (AvgIpc) is 3.93. The van der Waals surface area contributed by atoms with E-state index in [9.17, 15) is 32.7 Å². The molecule has 3 aromatic heterocycles. The van der Waals surface area contributed by atoms with Crippen molar-refractivity contribution in [3.63, 3.8) is 0 Å². The highest BCUT2D eigenvalue weighted by Gasteiger charge is 2.54. The first-order valence-electron chi connectivity index (χ1n) is 18.2. The summed E-state index contributed by atoms with van der Waals surface area (Å²) < 4.78 is 51.6. The van der Waals surface area contributed by atoms with Gasteiger partial charge in [-0.05, 0) is 36.6 Å². The van der Waals surface area contributed by atoms with Crippen LogP contribution in [0.3, 0.4) is 0 Å². The number of halogens is 3. The number of carbonyl (C=O) groups excluding carboxylic acids is 3. The molecule has 2 aliphatic heterocycles. The average molecular weight is 789 g/mol. The molecule has 0 spiro atoms.